The number of aromatic nitrogens is 2. The zero-order valence-electron chi connectivity index (χ0n) is 22.2. The number of hydrogen-bond donors (Lipinski definition) is 0. The monoisotopic (exact) mass is 531 g/mol. The lowest BCUT2D eigenvalue weighted by atomic mass is 9.95. The summed E-state index contributed by atoms with van der Waals surface area (Å²) in [5.74, 6) is 0.539. The molecule has 38 heavy (non-hydrogen) atoms. The van der Waals surface area contributed by atoms with E-state index in [2.05, 4.69) is 21.7 Å². The standard InChI is InChI=1S/C29H29N3O5S/c1-7-37-28(34)25-16(2)30-29-32(26(25)18-12-13-22(35-5)23(14-18)36-6)27(33)24(38-29)15-20-17(3)31(4)21-11-9-8-10-19(20)21/h8-15,26H,7H2,1-6H3/b24-15-/t26-/m0/s1. The van der Waals surface area contributed by atoms with Gasteiger partial charge in [0.05, 0.1) is 42.7 Å². The summed E-state index contributed by atoms with van der Waals surface area (Å²) < 4.78 is 20.6. The first-order valence-electron chi connectivity index (χ1n) is 12.3. The van der Waals surface area contributed by atoms with Crippen molar-refractivity contribution in [2.45, 2.75) is 26.8 Å². The van der Waals surface area contributed by atoms with Gasteiger partial charge in [0, 0.05) is 29.2 Å². The number of para-hydroxylation sites is 1. The Morgan fingerprint density at radius 1 is 1.11 bits per heavy atom. The first-order chi connectivity index (χ1) is 18.3. The maximum atomic E-state index is 14.0. The maximum absolute atomic E-state index is 14.0. The Morgan fingerprint density at radius 3 is 2.55 bits per heavy atom. The van der Waals surface area contributed by atoms with Gasteiger partial charge in [-0.25, -0.2) is 9.79 Å². The number of rotatable bonds is 6. The highest BCUT2D eigenvalue weighted by molar-refractivity contribution is 7.07. The van der Waals surface area contributed by atoms with Crippen LogP contribution in [-0.2, 0) is 16.6 Å². The molecule has 0 bridgehead atoms. The van der Waals surface area contributed by atoms with Crippen molar-refractivity contribution in [2.24, 2.45) is 12.0 Å². The Kier molecular flexibility index (Phi) is 6.71. The molecule has 2 aromatic carbocycles. The number of thiazole rings is 1. The molecule has 8 nitrogen and oxygen atoms in total. The SMILES string of the molecule is CCOC(=O)C1=C(C)N=c2s/c(=C\c3c(C)n(C)c4ccccc34)c(=O)n2[C@H]1c1ccc(OC)c(OC)c1. The number of hydrogen-bond acceptors (Lipinski definition) is 7. The fourth-order valence-electron chi connectivity index (χ4n) is 4.99. The average molecular weight is 532 g/mol. The van der Waals surface area contributed by atoms with Gasteiger partial charge in [-0.1, -0.05) is 35.6 Å². The fraction of sp³-hybridized carbons (Fsp3) is 0.276. The van der Waals surface area contributed by atoms with Crippen LogP contribution in [0.1, 0.15) is 36.7 Å². The zero-order valence-corrected chi connectivity index (χ0v) is 23.0. The van der Waals surface area contributed by atoms with Gasteiger partial charge >= 0.3 is 5.97 Å². The molecule has 0 saturated heterocycles. The number of esters is 1. The minimum absolute atomic E-state index is 0.207. The minimum Gasteiger partial charge on any atom is -0.493 e. The quantitative estimate of drug-likeness (QED) is 0.355. The molecule has 1 aliphatic rings. The third-order valence-corrected chi connectivity index (χ3v) is 7.95. The van der Waals surface area contributed by atoms with E-state index in [9.17, 15) is 9.59 Å². The number of allylic oxidation sites excluding steroid dienone is 1. The second-order valence-corrected chi connectivity index (χ2v) is 10.0. The molecule has 0 N–H and O–H groups in total. The van der Waals surface area contributed by atoms with Gasteiger partial charge in [-0.05, 0) is 50.6 Å². The molecule has 196 valence electrons. The van der Waals surface area contributed by atoms with Gasteiger partial charge in [0.25, 0.3) is 5.56 Å². The van der Waals surface area contributed by atoms with E-state index in [1.54, 1.807) is 44.8 Å². The number of carbonyl (C=O) groups excluding carboxylic acids is 1. The molecule has 1 aliphatic heterocycles. The van der Waals surface area contributed by atoms with Gasteiger partial charge in [0.2, 0.25) is 0 Å². The molecule has 0 spiro atoms. The van der Waals surface area contributed by atoms with E-state index in [1.807, 2.05) is 38.2 Å². The highest BCUT2D eigenvalue weighted by Gasteiger charge is 2.34. The summed E-state index contributed by atoms with van der Waals surface area (Å²) in [7, 11) is 5.12. The van der Waals surface area contributed by atoms with Crippen LogP contribution < -0.4 is 24.4 Å². The molecular weight excluding hydrogens is 502 g/mol. The Labute approximate surface area is 223 Å². The molecule has 0 fully saturated rings. The molecule has 0 radical (unpaired) electrons. The highest BCUT2D eigenvalue weighted by atomic mass is 32.1. The largest absolute Gasteiger partial charge is 0.493 e. The van der Waals surface area contributed by atoms with Gasteiger partial charge < -0.3 is 18.8 Å². The summed E-state index contributed by atoms with van der Waals surface area (Å²) >= 11 is 1.31. The average Bonchev–Trinajstić information content (AvgIpc) is 3.35. The molecule has 0 saturated carbocycles. The fourth-order valence-corrected chi connectivity index (χ4v) is 6.02. The molecule has 4 aromatic rings. The van der Waals surface area contributed by atoms with Gasteiger partial charge in [-0.2, -0.15) is 0 Å². The van der Waals surface area contributed by atoms with E-state index >= 15 is 0 Å². The predicted octanol–water partition coefficient (Wildman–Crippen LogP) is 3.62. The Balaban J connectivity index is 1.78. The van der Waals surface area contributed by atoms with Crippen LogP contribution >= 0.6 is 11.3 Å². The topological polar surface area (TPSA) is 84.1 Å². The van der Waals surface area contributed by atoms with Crippen molar-refractivity contribution in [1.82, 2.24) is 9.13 Å². The summed E-state index contributed by atoms with van der Waals surface area (Å²) in [5, 5.41) is 1.07. The lowest BCUT2D eigenvalue weighted by molar-refractivity contribution is -0.139. The normalized spacial score (nSPS) is 15.4. The third kappa shape index (κ3) is 4.03. The number of methoxy groups -OCH3 is 2. The molecule has 9 heteroatoms. The first kappa shape index (κ1) is 25.5. The van der Waals surface area contributed by atoms with Crippen molar-refractivity contribution in [3.63, 3.8) is 0 Å². The van der Waals surface area contributed by atoms with E-state index in [0.717, 1.165) is 22.2 Å². The number of aryl methyl sites for hydroxylation is 1. The van der Waals surface area contributed by atoms with Gasteiger partial charge in [-0.3, -0.25) is 9.36 Å². The van der Waals surface area contributed by atoms with E-state index in [1.165, 1.54) is 11.3 Å². The molecule has 2 aromatic heterocycles. The molecule has 0 unspecified atom stereocenters. The highest BCUT2D eigenvalue weighted by Crippen LogP contribution is 2.36. The summed E-state index contributed by atoms with van der Waals surface area (Å²) in [6, 6.07) is 12.8. The van der Waals surface area contributed by atoms with Crippen LogP contribution in [0, 0.1) is 6.92 Å². The Morgan fingerprint density at radius 2 is 1.84 bits per heavy atom. The van der Waals surface area contributed by atoms with Gasteiger partial charge in [-0.15, -0.1) is 0 Å². The van der Waals surface area contributed by atoms with E-state index in [-0.39, 0.29) is 12.2 Å². The number of carbonyl (C=O) groups is 1. The maximum Gasteiger partial charge on any atom is 0.338 e. The third-order valence-electron chi connectivity index (χ3n) is 6.96. The van der Waals surface area contributed by atoms with E-state index < -0.39 is 12.0 Å². The molecule has 1 atom stereocenters. The van der Waals surface area contributed by atoms with Crippen LogP contribution in [0.15, 0.2) is 63.5 Å². The Hall–Kier alpha value is -4.11. The lowest BCUT2D eigenvalue weighted by Gasteiger charge is -2.25. The number of ether oxygens (including phenoxy) is 3. The van der Waals surface area contributed by atoms with E-state index in [4.69, 9.17) is 14.2 Å². The van der Waals surface area contributed by atoms with Crippen LogP contribution in [-0.4, -0.2) is 35.9 Å². The number of nitrogens with zero attached hydrogens (tertiary/aromatic N) is 3. The number of benzene rings is 2. The van der Waals surface area contributed by atoms with Crippen molar-refractivity contribution < 1.29 is 19.0 Å². The van der Waals surface area contributed by atoms with E-state index in [0.29, 0.717) is 37.7 Å². The molecule has 3 heterocycles. The summed E-state index contributed by atoms with van der Waals surface area (Å²) in [6.07, 6.45) is 1.93. The zero-order chi connectivity index (χ0) is 27.1. The van der Waals surface area contributed by atoms with Crippen LogP contribution in [0.3, 0.4) is 0 Å². The smallest absolute Gasteiger partial charge is 0.338 e. The van der Waals surface area contributed by atoms with Crippen molar-refractivity contribution in [2.75, 3.05) is 20.8 Å². The van der Waals surface area contributed by atoms with Crippen molar-refractivity contribution >= 4 is 34.3 Å². The predicted molar refractivity (Wildman–Crippen MR) is 148 cm³/mol. The Bertz CT molecular complexity index is 1790. The van der Waals surface area contributed by atoms with Crippen LogP contribution in [0.25, 0.3) is 17.0 Å². The summed E-state index contributed by atoms with van der Waals surface area (Å²) in [6.45, 7) is 5.77. The molecule has 5 rings (SSSR count). The summed E-state index contributed by atoms with van der Waals surface area (Å²) in [5.41, 5.74) is 4.42. The first-order valence-corrected chi connectivity index (χ1v) is 13.1. The molecule has 0 amide bonds. The van der Waals surface area contributed by atoms with Crippen LogP contribution in [0.5, 0.6) is 11.5 Å². The van der Waals surface area contributed by atoms with Crippen LogP contribution in [0.2, 0.25) is 0 Å². The molecular formula is C29H29N3O5S. The van der Waals surface area contributed by atoms with Crippen molar-refractivity contribution in [3.05, 3.63) is 90.2 Å². The minimum atomic E-state index is -0.735. The van der Waals surface area contributed by atoms with Crippen molar-refractivity contribution in [3.8, 4) is 11.5 Å². The lowest BCUT2D eigenvalue weighted by Crippen LogP contribution is -2.40. The van der Waals surface area contributed by atoms with Crippen molar-refractivity contribution in [1.29, 1.82) is 0 Å². The van der Waals surface area contributed by atoms with Crippen LogP contribution in [0.4, 0.5) is 0 Å². The molecule has 0 aliphatic carbocycles. The number of fused-ring (bicyclic) bond motifs is 2. The second kappa shape index (κ2) is 9.98. The van der Waals surface area contributed by atoms with Gasteiger partial charge in [0.15, 0.2) is 16.3 Å². The summed E-state index contributed by atoms with van der Waals surface area (Å²) in [4.78, 5) is 32.4. The second-order valence-electron chi connectivity index (χ2n) is 8.99. The van der Waals surface area contributed by atoms with Gasteiger partial charge in [0.1, 0.15) is 0 Å².